The molecule has 0 aliphatic heterocycles. The highest BCUT2D eigenvalue weighted by Crippen LogP contribution is 2.01. The van der Waals surface area contributed by atoms with Gasteiger partial charge >= 0.3 is 12.0 Å². The summed E-state index contributed by atoms with van der Waals surface area (Å²) in [5.74, 6) is -1.01. The molecule has 116 valence electrons. The van der Waals surface area contributed by atoms with E-state index in [9.17, 15) is 9.59 Å². The number of rotatable bonds is 9. The van der Waals surface area contributed by atoms with Gasteiger partial charge in [-0.05, 0) is 31.4 Å². The lowest BCUT2D eigenvalue weighted by Crippen LogP contribution is -2.35. The third-order valence-corrected chi connectivity index (χ3v) is 2.80. The second-order valence-corrected chi connectivity index (χ2v) is 4.50. The van der Waals surface area contributed by atoms with E-state index in [4.69, 9.17) is 9.84 Å². The second kappa shape index (κ2) is 9.71. The van der Waals surface area contributed by atoms with Crippen LogP contribution in [-0.2, 0) is 11.3 Å². The zero-order chi connectivity index (χ0) is 15.5. The lowest BCUT2D eigenvalue weighted by atomic mass is 10.2. The van der Waals surface area contributed by atoms with Crippen LogP contribution >= 0.6 is 0 Å². The fourth-order valence-corrected chi connectivity index (χ4v) is 1.69. The van der Waals surface area contributed by atoms with Gasteiger partial charge in [-0.2, -0.15) is 0 Å². The van der Waals surface area contributed by atoms with Crippen molar-refractivity contribution in [1.82, 2.24) is 15.6 Å². The Morgan fingerprint density at radius 2 is 2.10 bits per heavy atom. The molecule has 1 aromatic heterocycles. The van der Waals surface area contributed by atoms with Crippen LogP contribution in [0, 0.1) is 0 Å². The van der Waals surface area contributed by atoms with E-state index in [0.717, 1.165) is 25.9 Å². The van der Waals surface area contributed by atoms with Gasteiger partial charge in [-0.3, -0.25) is 4.98 Å². The Balaban J connectivity index is 2.21. The zero-order valence-corrected chi connectivity index (χ0v) is 12.1. The molecule has 0 fully saturated rings. The van der Waals surface area contributed by atoms with Crippen molar-refractivity contribution in [2.75, 3.05) is 20.3 Å². The smallest absolute Gasteiger partial charge is 0.335 e. The van der Waals surface area contributed by atoms with Crippen molar-refractivity contribution in [2.24, 2.45) is 0 Å². The number of carboxylic acid groups (broad SMARTS) is 1. The maximum atomic E-state index is 11.5. The van der Waals surface area contributed by atoms with Crippen LogP contribution in [0.15, 0.2) is 18.3 Å². The largest absolute Gasteiger partial charge is 0.478 e. The summed E-state index contributed by atoms with van der Waals surface area (Å²) in [7, 11) is 1.67. The van der Waals surface area contributed by atoms with Crippen molar-refractivity contribution in [1.29, 1.82) is 0 Å². The molecule has 1 aromatic rings. The third-order valence-electron chi connectivity index (χ3n) is 2.80. The van der Waals surface area contributed by atoms with Crippen LogP contribution in [-0.4, -0.2) is 42.4 Å². The van der Waals surface area contributed by atoms with Crippen molar-refractivity contribution >= 4 is 12.0 Å². The average Bonchev–Trinajstić information content (AvgIpc) is 2.49. The predicted molar refractivity (Wildman–Crippen MR) is 77.2 cm³/mol. The molecule has 7 nitrogen and oxygen atoms in total. The number of carboxylic acids is 1. The highest BCUT2D eigenvalue weighted by Gasteiger charge is 2.05. The van der Waals surface area contributed by atoms with E-state index in [0.29, 0.717) is 12.2 Å². The Kier molecular flexibility index (Phi) is 7.81. The molecule has 0 aromatic carbocycles. The number of carbonyl (C=O) groups excluding carboxylic acids is 1. The first-order valence-electron chi connectivity index (χ1n) is 6.82. The number of aromatic carboxylic acids is 1. The number of nitrogens with one attached hydrogen (secondary N) is 2. The SMILES string of the molecule is COCCCCCNC(=O)NCc1cc(C(=O)O)ccn1. The molecule has 0 bridgehead atoms. The Morgan fingerprint density at radius 3 is 2.81 bits per heavy atom. The Bertz CT molecular complexity index is 465. The van der Waals surface area contributed by atoms with Gasteiger partial charge in [0.05, 0.1) is 17.8 Å². The number of urea groups is 1. The quantitative estimate of drug-likeness (QED) is 0.598. The minimum absolute atomic E-state index is 0.153. The van der Waals surface area contributed by atoms with Crippen LogP contribution in [0.3, 0.4) is 0 Å². The summed E-state index contributed by atoms with van der Waals surface area (Å²) < 4.78 is 4.94. The number of amides is 2. The van der Waals surface area contributed by atoms with Gasteiger partial charge in [-0.25, -0.2) is 9.59 Å². The molecule has 0 aliphatic carbocycles. The summed E-state index contributed by atoms with van der Waals surface area (Å²) >= 11 is 0. The molecule has 0 saturated heterocycles. The van der Waals surface area contributed by atoms with Gasteiger partial charge in [0, 0.05) is 26.5 Å². The number of aromatic nitrogens is 1. The molecule has 0 radical (unpaired) electrons. The van der Waals surface area contributed by atoms with Crippen molar-refractivity contribution in [3.63, 3.8) is 0 Å². The first-order chi connectivity index (χ1) is 10.1. The summed E-state index contributed by atoms with van der Waals surface area (Å²) in [5.41, 5.74) is 0.658. The van der Waals surface area contributed by atoms with Crippen LogP contribution in [0.2, 0.25) is 0 Å². The van der Waals surface area contributed by atoms with Crippen molar-refractivity contribution in [3.8, 4) is 0 Å². The first kappa shape index (κ1) is 16.9. The fourth-order valence-electron chi connectivity index (χ4n) is 1.69. The first-order valence-corrected chi connectivity index (χ1v) is 6.82. The van der Waals surface area contributed by atoms with Crippen LogP contribution in [0.4, 0.5) is 4.79 Å². The van der Waals surface area contributed by atoms with Crippen molar-refractivity contribution < 1.29 is 19.4 Å². The molecule has 3 N–H and O–H groups in total. The number of methoxy groups -OCH3 is 1. The van der Waals surface area contributed by atoms with Crippen LogP contribution < -0.4 is 10.6 Å². The number of pyridine rings is 1. The van der Waals surface area contributed by atoms with Gasteiger partial charge in [-0.15, -0.1) is 0 Å². The topological polar surface area (TPSA) is 101 Å². The average molecular weight is 295 g/mol. The highest BCUT2D eigenvalue weighted by molar-refractivity contribution is 5.87. The monoisotopic (exact) mass is 295 g/mol. The second-order valence-electron chi connectivity index (χ2n) is 4.50. The van der Waals surface area contributed by atoms with Gasteiger partial charge in [0.15, 0.2) is 0 Å². The molecule has 0 unspecified atom stereocenters. The molecule has 0 spiro atoms. The molecule has 0 atom stereocenters. The molecule has 21 heavy (non-hydrogen) atoms. The van der Waals surface area contributed by atoms with Gasteiger partial charge in [0.1, 0.15) is 0 Å². The summed E-state index contributed by atoms with van der Waals surface area (Å²) in [6.07, 6.45) is 4.28. The van der Waals surface area contributed by atoms with Crippen molar-refractivity contribution in [3.05, 3.63) is 29.6 Å². The Morgan fingerprint density at radius 1 is 1.29 bits per heavy atom. The molecule has 2 amide bonds. The number of nitrogens with zero attached hydrogens (tertiary/aromatic N) is 1. The summed E-state index contributed by atoms with van der Waals surface area (Å²) in [6.45, 7) is 1.52. The number of unbranched alkanes of at least 4 members (excludes halogenated alkanes) is 2. The molecule has 0 aliphatic rings. The van der Waals surface area contributed by atoms with E-state index in [2.05, 4.69) is 15.6 Å². The molecular weight excluding hydrogens is 274 g/mol. The van der Waals surface area contributed by atoms with E-state index >= 15 is 0 Å². The van der Waals surface area contributed by atoms with Gasteiger partial charge < -0.3 is 20.5 Å². The zero-order valence-electron chi connectivity index (χ0n) is 12.1. The minimum atomic E-state index is -1.01. The normalized spacial score (nSPS) is 10.1. The molecule has 0 saturated carbocycles. The molecule has 1 rings (SSSR count). The summed E-state index contributed by atoms with van der Waals surface area (Å²) in [5, 5.41) is 14.2. The fraction of sp³-hybridized carbons (Fsp3) is 0.500. The Labute approximate surface area is 123 Å². The highest BCUT2D eigenvalue weighted by atomic mass is 16.5. The minimum Gasteiger partial charge on any atom is -0.478 e. The maximum absolute atomic E-state index is 11.5. The van der Waals surface area contributed by atoms with E-state index in [1.54, 1.807) is 7.11 Å². The summed E-state index contributed by atoms with van der Waals surface area (Å²) in [4.78, 5) is 26.3. The van der Waals surface area contributed by atoms with Crippen LogP contribution in [0.5, 0.6) is 0 Å². The van der Waals surface area contributed by atoms with Gasteiger partial charge in [0.2, 0.25) is 0 Å². The number of carbonyl (C=O) groups is 2. The van der Waals surface area contributed by atoms with E-state index in [-0.39, 0.29) is 18.1 Å². The molecular formula is C14H21N3O4. The lowest BCUT2D eigenvalue weighted by molar-refractivity contribution is 0.0696. The van der Waals surface area contributed by atoms with Gasteiger partial charge in [0.25, 0.3) is 0 Å². The van der Waals surface area contributed by atoms with Crippen LogP contribution in [0.1, 0.15) is 35.3 Å². The standard InChI is InChI=1S/C14H21N3O4/c1-21-8-4-2-3-6-16-14(20)17-10-12-9-11(13(18)19)5-7-15-12/h5,7,9H,2-4,6,8,10H2,1H3,(H,18,19)(H2,16,17,20). The van der Waals surface area contributed by atoms with E-state index in [1.807, 2.05) is 0 Å². The van der Waals surface area contributed by atoms with Crippen LogP contribution in [0.25, 0.3) is 0 Å². The predicted octanol–water partition coefficient (Wildman–Crippen LogP) is 1.40. The number of hydrogen-bond donors (Lipinski definition) is 3. The van der Waals surface area contributed by atoms with Gasteiger partial charge in [-0.1, -0.05) is 0 Å². The molecule has 1 heterocycles. The maximum Gasteiger partial charge on any atom is 0.335 e. The summed E-state index contributed by atoms with van der Waals surface area (Å²) in [6, 6.07) is 2.56. The number of hydrogen-bond acceptors (Lipinski definition) is 4. The van der Waals surface area contributed by atoms with E-state index in [1.165, 1.54) is 18.3 Å². The Hall–Kier alpha value is -2.15. The van der Waals surface area contributed by atoms with Crippen molar-refractivity contribution in [2.45, 2.75) is 25.8 Å². The van der Waals surface area contributed by atoms with E-state index < -0.39 is 5.97 Å². The third kappa shape index (κ3) is 7.26. The lowest BCUT2D eigenvalue weighted by Gasteiger charge is -2.07. The molecule has 7 heteroatoms. The number of ether oxygens (including phenoxy) is 1.